The molecule has 0 saturated carbocycles. The molecular formula is C8H5IN2O2. The molecule has 66 valence electrons. The third-order valence-electron chi connectivity index (χ3n) is 1.72. The van der Waals surface area contributed by atoms with Crippen LogP contribution in [0.4, 0.5) is 0 Å². The molecule has 5 heteroatoms. The molecule has 1 N–H and O–H groups in total. The van der Waals surface area contributed by atoms with Crippen molar-refractivity contribution in [3.63, 3.8) is 0 Å². The van der Waals surface area contributed by atoms with Crippen LogP contribution in [0.1, 0.15) is 10.4 Å². The van der Waals surface area contributed by atoms with Gasteiger partial charge in [-0.15, -0.1) is 0 Å². The molecule has 0 fully saturated rings. The van der Waals surface area contributed by atoms with Gasteiger partial charge in [-0.05, 0) is 34.7 Å². The maximum Gasteiger partial charge on any atom is 0.339 e. The number of hydrogen-bond donors (Lipinski definition) is 1. The summed E-state index contributed by atoms with van der Waals surface area (Å²) < 4.78 is 2.45. The largest absolute Gasteiger partial charge is 0.478 e. The Bertz CT molecular complexity index is 478. The molecule has 0 aliphatic rings. The summed E-state index contributed by atoms with van der Waals surface area (Å²) in [6.45, 7) is 0. The highest BCUT2D eigenvalue weighted by molar-refractivity contribution is 14.1. The van der Waals surface area contributed by atoms with Crippen LogP contribution in [0.3, 0.4) is 0 Å². The van der Waals surface area contributed by atoms with Crippen LogP contribution >= 0.6 is 22.6 Å². The van der Waals surface area contributed by atoms with E-state index in [2.05, 4.69) is 27.7 Å². The van der Waals surface area contributed by atoms with Gasteiger partial charge < -0.3 is 5.11 Å². The molecule has 2 aromatic heterocycles. The summed E-state index contributed by atoms with van der Waals surface area (Å²) in [4.78, 5) is 10.8. The minimum Gasteiger partial charge on any atom is -0.478 e. The van der Waals surface area contributed by atoms with Crippen molar-refractivity contribution in [2.45, 2.75) is 0 Å². The first-order valence-electron chi connectivity index (χ1n) is 3.55. The Balaban J connectivity index is 2.86. The molecule has 4 nitrogen and oxygen atoms in total. The zero-order chi connectivity index (χ0) is 9.42. The molecule has 2 rings (SSSR count). The van der Waals surface area contributed by atoms with E-state index in [1.165, 1.54) is 6.20 Å². The van der Waals surface area contributed by atoms with Crippen LogP contribution in [0.25, 0.3) is 5.52 Å². The molecule has 13 heavy (non-hydrogen) atoms. The summed E-state index contributed by atoms with van der Waals surface area (Å²) in [6, 6.07) is 3.68. The molecule has 0 atom stereocenters. The van der Waals surface area contributed by atoms with E-state index in [1.807, 2.05) is 12.1 Å². The van der Waals surface area contributed by atoms with Crippen LogP contribution in [0.2, 0.25) is 0 Å². The van der Waals surface area contributed by atoms with Crippen LogP contribution in [-0.2, 0) is 0 Å². The fourth-order valence-electron chi connectivity index (χ4n) is 1.16. The number of hydrogen-bond acceptors (Lipinski definition) is 2. The van der Waals surface area contributed by atoms with E-state index in [1.54, 1.807) is 10.7 Å². The zero-order valence-electron chi connectivity index (χ0n) is 6.44. The molecule has 2 heterocycles. The lowest BCUT2D eigenvalue weighted by molar-refractivity contribution is 0.0699. The van der Waals surface area contributed by atoms with Gasteiger partial charge in [-0.1, -0.05) is 0 Å². The number of nitrogens with zero attached hydrogens (tertiary/aromatic N) is 2. The van der Waals surface area contributed by atoms with Crippen molar-refractivity contribution in [1.29, 1.82) is 0 Å². The first-order valence-corrected chi connectivity index (χ1v) is 4.63. The van der Waals surface area contributed by atoms with E-state index >= 15 is 0 Å². The summed E-state index contributed by atoms with van der Waals surface area (Å²) in [5.41, 5.74) is 0.889. The number of carboxylic acids is 1. The predicted molar refractivity (Wildman–Crippen MR) is 54.9 cm³/mol. The van der Waals surface area contributed by atoms with Gasteiger partial charge in [-0.25, -0.2) is 9.31 Å². The van der Waals surface area contributed by atoms with E-state index in [0.29, 0.717) is 5.52 Å². The summed E-state index contributed by atoms with van der Waals surface area (Å²) in [5, 5.41) is 12.8. The van der Waals surface area contributed by atoms with Gasteiger partial charge >= 0.3 is 5.97 Å². The number of rotatable bonds is 1. The number of fused-ring (bicyclic) bond motifs is 1. The lowest BCUT2D eigenvalue weighted by Gasteiger charge is -1.96. The molecule has 0 amide bonds. The smallest absolute Gasteiger partial charge is 0.339 e. The van der Waals surface area contributed by atoms with Gasteiger partial charge in [0.15, 0.2) is 0 Å². The van der Waals surface area contributed by atoms with Crippen LogP contribution in [0.5, 0.6) is 0 Å². The Morgan fingerprint density at radius 3 is 3.08 bits per heavy atom. The molecular weight excluding hydrogens is 283 g/mol. The standard InChI is InChI=1S/C8H5IN2O2/c9-6-2-1-3-11-7(6)5(4-10-11)8(12)13/h1-4H,(H,12,13). The van der Waals surface area contributed by atoms with Crippen molar-refractivity contribution in [1.82, 2.24) is 9.61 Å². The Kier molecular flexibility index (Phi) is 1.95. The van der Waals surface area contributed by atoms with Gasteiger partial charge in [-0.2, -0.15) is 5.10 Å². The van der Waals surface area contributed by atoms with Crippen molar-refractivity contribution < 1.29 is 9.90 Å². The third kappa shape index (κ3) is 1.28. The third-order valence-corrected chi connectivity index (χ3v) is 2.59. The number of pyridine rings is 1. The summed E-state index contributed by atoms with van der Waals surface area (Å²) in [6.07, 6.45) is 3.09. The first kappa shape index (κ1) is 8.49. The SMILES string of the molecule is O=C(O)c1cnn2cccc(I)c12. The maximum absolute atomic E-state index is 10.8. The van der Waals surface area contributed by atoms with Crippen molar-refractivity contribution in [2.75, 3.05) is 0 Å². The van der Waals surface area contributed by atoms with Gasteiger partial charge in [0.25, 0.3) is 0 Å². The molecule has 0 aliphatic heterocycles. The number of aromatic carboxylic acids is 1. The van der Waals surface area contributed by atoms with Gasteiger partial charge in [0.2, 0.25) is 0 Å². The lowest BCUT2D eigenvalue weighted by atomic mass is 10.3. The van der Waals surface area contributed by atoms with Crippen LogP contribution in [-0.4, -0.2) is 20.7 Å². The van der Waals surface area contributed by atoms with E-state index in [0.717, 1.165) is 3.57 Å². The Hall–Kier alpha value is -1.11. The minimum atomic E-state index is -0.945. The minimum absolute atomic E-state index is 0.241. The van der Waals surface area contributed by atoms with Crippen molar-refractivity contribution >= 4 is 34.1 Å². The normalized spacial score (nSPS) is 10.5. The predicted octanol–water partition coefficient (Wildman–Crippen LogP) is 1.64. The van der Waals surface area contributed by atoms with Crippen LogP contribution in [0.15, 0.2) is 24.5 Å². The Morgan fingerprint density at radius 1 is 1.62 bits per heavy atom. The fourth-order valence-corrected chi connectivity index (χ4v) is 1.90. The summed E-state index contributed by atoms with van der Waals surface area (Å²) >= 11 is 2.09. The highest BCUT2D eigenvalue weighted by Gasteiger charge is 2.12. The van der Waals surface area contributed by atoms with E-state index in [-0.39, 0.29) is 5.56 Å². The number of halogens is 1. The second-order valence-corrected chi connectivity index (χ2v) is 3.67. The summed E-state index contributed by atoms with van der Waals surface area (Å²) in [7, 11) is 0. The molecule has 0 unspecified atom stereocenters. The van der Waals surface area contributed by atoms with Crippen LogP contribution < -0.4 is 0 Å². The van der Waals surface area contributed by atoms with Gasteiger partial charge in [0.1, 0.15) is 5.56 Å². The molecule has 0 aliphatic carbocycles. The van der Waals surface area contributed by atoms with Crippen LogP contribution in [0, 0.1) is 3.57 Å². The van der Waals surface area contributed by atoms with E-state index in [4.69, 9.17) is 5.11 Å². The quantitative estimate of drug-likeness (QED) is 0.812. The summed E-state index contributed by atoms with van der Waals surface area (Å²) in [5.74, 6) is -0.945. The lowest BCUT2D eigenvalue weighted by Crippen LogP contribution is -1.96. The molecule has 0 spiro atoms. The van der Waals surface area contributed by atoms with Crippen molar-refractivity contribution in [3.8, 4) is 0 Å². The van der Waals surface area contributed by atoms with Gasteiger partial charge in [0.05, 0.1) is 11.7 Å². The molecule has 0 bridgehead atoms. The maximum atomic E-state index is 10.8. The Labute approximate surface area is 87.3 Å². The number of carbonyl (C=O) groups is 1. The molecule has 0 aromatic carbocycles. The fraction of sp³-hybridized carbons (Fsp3) is 0. The highest BCUT2D eigenvalue weighted by Crippen LogP contribution is 2.17. The number of carboxylic acid groups (broad SMARTS) is 1. The second kappa shape index (κ2) is 2.99. The molecule has 0 radical (unpaired) electrons. The van der Waals surface area contributed by atoms with Crippen molar-refractivity contribution in [3.05, 3.63) is 33.7 Å². The second-order valence-electron chi connectivity index (χ2n) is 2.51. The van der Waals surface area contributed by atoms with E-state index in [9.17, 15) is 4.79 Å². The number of aromatic nitrogens is 2. The first-order chi connectivity index (χ1) is 6.20. The monoisotopic (exact) mass is 288 g/mol. The molecule has 2 aromatic rings. The topological polar surface area (TPSA) is 54.6 Å². The van der Waals surface area contributed by atoms with Crippen molar-refractivity contribution in [2.24, 2.45) is 0 Å². The van der Waals surface area contributed by atoms with Gasteiger partial charge in [-0.3, -0.25) is 0 Å². The Morgan fingerprint density at radius 2 is 2.38 bits per heavy atom. The zero-order valence-corrected chi connectivity index (χ0v) is 8.59. The average molecular weight is 288 g/mol. The molecule has 0 saturated heterocycles. The highest BCUT2D eigenvalue weighted by atomic mass is 127. The van der Waals surface area contributed by atoms with Gasteiger partial charge in [0, 0.05) is 9.77 Å². The average Bonchev–Trinajstić information content (AvgIpc) is 2.49. The van der Waals surface area contributed by atoms with E-state index < -0.39 is 5.97 Å².